The van der Waals surface area contributed by atoms with Crippen LogP contribution in [0, 0.1) is 6.92 Å². The Morgan fingerprint density at radius 2 is 1.83 bits per heavy atom. The van der Waals surface area contributed by atoms with Crippen LogP contribution in [0.5, 0.6) is 11.5 Å². The molecule has 1 aliphatic rings. The number of H-pyrrole nitrogens is 1. The minimum absolute atomic E-state index is 0.0261. The molecular weight excluding hydrogens is 370 g/mol. The maximum absolute atomic E-state index is 13.0. The van der Waals surface area contributed by atoms with E-state index in [1.54, 1.807) is 0 Å². The van der Waals surface area contributed by atoms with Crippen molar-refractivity contribution in [2.45, 2.75) is 32.9 Å². The standard InChI is InChI=1S/C21H23N5O3/c1-14-2-4-15(5-3-14)11-26(20(27)9-8-19-23-21(22)25-24-19)12-16-6-7-17-18(10-16)29-13-28-17/h2-7,10H,8-9,11-13H2,1H3,(H3,22,23,24,25). The number of anilines is 1. The van der Waals surface area contributed by atoms with Crippen molar-refractivity contribution in [2.75, 3.05) is 12.5 Å². The zero-order valence-corrected chi connectivity index (χ0v) is 16.2. The average molecular weight is 393 g/mol. The number of benzene rings is 2. The van der Waals surface area contributed by atoms with Gasteiger partial charge in [-0.2, -0.15) is 4.98 Å². The smallest absolute Gasteiger partial charge is 0.239 e. The SMILES string of the molecule is Cc1ccc(CN(Cc2ccc3c(c2)OCO3)C(=O)CCc2nc(N)n[nH]2)cc1. The number of fused-ring (bicyclic) bond motifs is 1. The monoisotopic (exact) mass is 393 g/mol. The average Bonchev–Trinajstić information content (AvgIpc) is 3.35. The van der Waals surface area contributed by atoms with Gasteiger partial charge in [0.1, 0.15) is 5.82 Å². The van der Waals surface area contributed by atoms with E-state index in [0.29, 0.717) is 37.5 Å². The lowest BCUT2D eigenvalue weighted by molar-refractivity contribution is -0.132. The van der Waals surface area contributed by atoms with Gasteiger partial charge in [0.25, 0.3) is 0 Å². The van der Waals surface area contributed by atoms with Crippen LogP contribution in [0.25, 0.3) is 0 Å². The maximum Gasteiger partial charge on any atom is 0.239 e. The van der Waals surface area contributed by atoms with E-state index in [9.17, 15) is 4.79 Å². The third-order valence-electron chi connectivity index (χ3n) is 4.78. The number of nitrogens with two attached hydrogens (primary N) is 1. The molecule has 4 rings (SSSR count). The summed E-state index contributed by atoms with van der Waals surface area (Å²) in [5.74, 6) is 2.26. The van der Waals surface area contributed by atoms with Crippen molar-refractivity contribution in [2.24, 2.45) is 0 Å². The fraction of sp³-hybridized carbons (Fsp3) is 0.286. The number of nitrogen functional groups attached to an aromatic ring is 1. The number of nitrogens with one attached hydrogen (secondary N) is 1. The number of aryl methyl sites for hydroxylation is 2. The molecule has 1 amide bonds. The van der Waals surface area contributed by atoms with Crippen LogP contribution in [-0.4, -0.2) is 32.8 Å². The van der Waals surface area contributed by atoms with Gasteiger partial charge in [-0.05, 0) is 30.2 Å². The van der Waals surface area contributed by atoms with E-state index in [1.165, 1.54) is 5.56 Å². The number of amides is 1. The minimum atomic E-state index is 0.0261. The highest BCUT2D eigenvalue weighted by Gasteiger charge is 2.18. The summed E-state index contributed by atoms with van der Waals surface area (Å²) in [4.78, 5) is 18.9. The van der Waals surface area contributed by atoms with Gasteiger partial charge in [-0.3, -0.25) is 9.89 Å². The van der Waals surface area contributed by atoms with E-state index in [1.807, 2.05) is 42.2 Å². The Balaban J connectivity index is 1.49. The summed E-state index contributed by atoms with van der Waals surface area (Å²) >= 11 is 0. The predicted octanol–water partition coefficient (Wildman–Crippen LogP) is 2.59. The largest absolute Gasteiger partial charge is 0.454 e. The topological polar surface area (TPSA) is 106 Å². The number of aromatic nitrogens is 3. The second-order valence-corrected chi connectivity index (χ2v) is 7.06. The number of ether oxygens (including phenoxy) is 2. The molecule has 2 aromatic carbocycles. The van der Waals surface area contributed by atoms with Crippen molar-refractivity contribution in [1.29, 1.82) is 0 Å². The first-order valence-corrected chi connectivity index (χ1v) is 9.45. The van der Waals surface area contributed by atoms with E-state index in [4.69, 9.17) is 15.2 Å². The number of rotatable bonds is 7. The predicted molar refractivity (Wildman–Crippen MR) is 107 cm³/mol. The van der Waals surface area contributed by atoms with E-state index in [-0.39, 0.29) is 18.6 Å². The first kappa shape index (κ1) is 18.8. The van der Waals surface area contributed by atoms with Crippen LogP contribution in [-0.2, 0) is 24.3 Å². The fourth-order valence-electron chi connectivity index (χ4n) is 3.21. The minimum Gasteiger partial charge on any atom is -0.454 e. The summed E-state index contributed by atoms with van der Waals surface area (Å²) in [6.07, 6.45) is 0.764. The van der Waals surface area contributed by atoms with Crippen molar-refractivity contribution in [3.05, 3.63) is 65.0 Å². The number of carbonyl (C=O) groups is 1. The molecule has 0 saturated carbocycles. The molecule has 0 bridgehead atoms. The fourth-order valence-corrected chi connectivity index (χ4v) is 3.21. The van der Waals surface area contributed by atoms with Gasteiger partial charge < -0.3 is 20.1 Å². The molecule has 3 aromatic rings. The highest BCUT2D eigenvalue weighted by Crippen LogP contribution is 2.33. The molecule has 1 aromatic heterocycles. The molecule has 150 valence electrons. The molecule has 3 N–H and O–H groups in total. The van der Waals surface area contributed by atoms with Crippen LogP contribution in [0.2, 0.25) is 0 Å². The number of hydrogen-bond donors (Lipinski definition) is 2. The molecule has 0 saturated heterocycles. The first-order valence-electron chi connectivity index (χ1n) is 9.45. The van der Waals surface area contributed by atoms with Crippen molar-refractivity contribution in [1.82, 2.24) is 20.1 Å². The van der Waals surface area contributed by atoms with Gasteiger partial charge in [-0.1, -0.05) is 35.9 Å². The lowest BCUT2D eigenvalue weighted by Crippen LogP contribution is -2.30. The van der Waals surface area contributed by atoms with Crippen LogP contribution < -0.4 is 15.2 Å². The van der Waals surface area contributed by atoms with Crippen LogP contribution in [0.1, 0.15) is 28.9 Å². The van der Waals surface area contributed by atoms with E-state index < -0.39 is 0 Å². The van der Waals surface area contributed by atoms with Crippen molar-refractivity contribution < 1.29 is 14.3 Å². The molecule has 1 aliphatic heterocycles. The van der Waals surface area contributed by atoms with Crippen molar-refractivity contribution in [3.8, 4) is 11.5 Å². The lowest BCUT2D eigenvalue weighted by atomic mass is 10.1. The lowest BCUT2D eigenvalue weighted by Gasteiger charge is -2.23. The van der Waals surface area contributed by atoms with E-state index >= 15 is 0 Å². The van der Waals surface area contributed by atoms with E-state index in [0.717, 1.165) is 16.9 Å². The Labute approximate surface area is 168 Å². The van der Waals surface area contributed by atoms with Gasteiger partial charge in [-0.15, -0.1) is 5.10 Å². The molecule has 8 nitrogen and oxygen atoms in total. The molecular formula is C21H23N5O3. The van der Waals surface area contributed by atoms with Crippen molar-refractivity contribution in [3.63, 3.8) is 0 Å². The van der Waals surface area contributed by atoms with Crippen LogP contribution in [0.4, 0.5) is 5.95 Å². The Morgan fingerprint density at radius 3 is 2.59 bits per heavy atom. The molecule has 0 radical (unpaired) electrons. The molecule has 8 heteroatoms. The van der Waals surface area contributed by atoms with Gasteiger partial charge in [-0.25, -0.2) is 0 Å². The van der Waals surface area contributed by atoms with Gasteiger partial charge in [0.05, 0.1) is 0 Å². The van der Waals surface area contributed by atoms with E-state index in [2.05, 4.69) is 27.3 Å². The second-order valence-electron chi connectivity index (χ2n) is 7.06. The van der Waals surface area contributed by atoms with Gasteiger partial charge in [0.15, 0.2) is 11.5 Å². The molecule has 29 heavy (non-hydrogen) atoms. The summed E-state index contributed by atoms with van der Waals surface area (Å²) in [6.45, 7) is 3.27. The Morgan fingerprint density at radius 1 is 1.10 bits per heavy atom. The van der Waals surface area contributed by atoms with Gasteiger partial charge in [0.2, 0.25) is 18.6 Å². The molecule has 0 unspecified atom stereocenters. The first-order chi connectivity index (χ1) is 14.1. The van der Waals surface area contributed by atoms with Crippen molar-refractivity contribution >= 4 is 11.9 Å². The second kappa shape index (κ2) is 8.22. The summed E-state index contributed by atoms with van der Waals surface area (Å²) in [5, 5.41) is 6.55. The maximum atomic E-state index is 13.0. The third-order valence-corrected chi connectivity index (χ3v) is 4.78. The summed E-state index contributed by atoms with van der Waals surface area (Å²) in [7, 11) is 0. The number of nitrogens with zero attached hydrogens (tertiary/aromatic N) is 3. The molecule has 0 spiro atoms. The summed E-state index contributed by atoms with van der Waals surface area (Å²) in [6, 6.07) is 14.0. The van der Waals surface area contributed by atoms with Gasteiger partial charge >= 0.3 is 0 Å². The zero-order chi connectivity index (χ0) is 20.2. The Kier molecular flexibility index (Phi) is 5.33. The highest BCUT2D eigenvalue weighted by atomic mass is 16.7. The molecule has 2 heterocycles. The number of hydrogen-bond acceptors (Lipinski definition) is 6. The van der Waals surface area contributed by atoms with Gasteiger partial charge in [0, 0.05) is 25.9 Å². The third kappa shape index (κ3) is 4.66. The Bertz CT molecular complexity index is 1000. The highest BCUT2D eigenvalue weighted by molar-refractivity contribution is 5.76. The zero-order valence-electron chi connectivity index (χ0n) is 16.2. The Hall–Kier alpha value is -3.55. The molecule has 0 atom stereocenters. The molecule has 0 fully saturated rings. The quantitative estimate of drug-likeness (QED) is 0.639. The molecule has 0 aliphatic carbocycles. The van der Waals surface area contributed by atoms with Crippen LogP contribution in [0.15, 0.2) is 42.5 Å². The normalized spacial score (nSPS) is 12.2. The number of carbonyl (C=O) groups excluding carboxylic acids is 1. The number of aromatic amines is 1. The van der Waals surface area contributed by atoms with Crippen LogP contribution in [0.3, 0.4) is 0 Å². The summed E-state index contributed by atoms with van der Waals surface area (Å²) < 4.78 is 10.8. The summed E-state index contributed by atoms with van der Waals surface area (Å²) in [5.41, 5.74) is 8.78. The van der Waals surface area contributed by atoms with Crippen LogP contribution >= 0.6 is 0 Å².